The zero-order chi connectivity index (χ0) is 23.1. The number of aromatic amines is 2. The molecule has 0 unspecified atom stereocenters. The fourth-order valence-corrected chi connectivity index (χ4v) is 4.63. The Morgan fingerprint density at radius 3 is 1.53 bits per heavy atom. The molecule has 4 heterocycles. The summed E-state index contributed by atoms with van der Waals surface area (Å²) in [4.78, 5) is 41.3. The second kappa shape index (κ2) is 8.30. The van der Waals surface area contributed by atoms with Gasteiger partial charge in [-0.2, -0.15) is 0 Å². The largest absolute Gasteiger partial charge is 0.321 e. The summed E-state index contributed by atoms with van der Waals surface area (Å²) in [6.07, 6.45) is 5.01. The molecule has 0 radical (unpaired) electrons. The van der Waals surface area contributed by atoms with Crippen molar-refractivity contribution >= 4 is 12.2 Å². The maximum absolute atomic E-state index is 12.9. The van der Waals surface area contributed by atoms with Crippen LogP contribution in [0, 0.1) is 0 Å². The Kier molecular flexibility index (Phi) is 4.98. The highest BCUT2D eigenvalue weighted by atomic mass is 16.1. The number of imidazole rings is 2. The third-order valence-corrected chi connectivity index (χ3v) is 6.51. The number of H-pyrrole nitrogens is 2. The molecule has 0 amide bonds. The summed E-state index contributed by atoms with van der Waals surface area (Å²) in [6, 6.07) is 16.1. The number of rotatable bonds is 3. The van der Waals surface area contributed by atoms with Gasteiger partial charge in [0.2, 0.25) is 11.2 Å². The van der Waals surface area contributed by atoms with Crippen molar-refractivity contribution in [2.75, 3.05) is 0 Å². The summed E-state index contributed by atoms with van der Waals surface area (Å²) in [5.74, 6) is 0. The highest BCUT2D eigenvalue weighted by Crippen LogP contribution is 2.12. The van der Waals surface area contributed by atoms with Gasteiger partial charge in [0.15, 0.2) is 0 Å². The third-order valence-electron chi connectivity index (χ3n) is 6.51. The summed E-state index contributed by atoms with van der Waals surface area (Å²) >= 11 is 0. The van der Waals surface area contributed by atoms with Crippen molar-refractivity contribution in [1.29, 1.82) is 0 Å². The lowest BCUT2D eigenvalue weighted by atomic mass is 10.1. The van der Waals surface area contributed by atoms with Crippen LogP contribution >= 0.6 is 0 Å². The van der Waals surface area contributed by atoms with Crippen LogP contribution in [0.25, 0.3) is 12.2 Å². The van der Waals surface area contributed by atoms with Gasteiger partial charge < -0.3 is 9.97 Å². The van der Waals surface area contributed by atoms with E-state index in [1.807, 2.05) is 60.7 Å². The summed E-state index contributed by atoms with van der Waals surface area (Å²) in [5, 5.41) is 1.08. The molecule has 0 aliphatic carbocycles. The molecule has 34 heavy (non-hydrogen) atoms. The van der Waals surface area contributed by atoms with E-state index in [0.29, 0.717) is 61.0 Å². The molecule has 2 aliphatic heterocycles. The van der Waals surface area contributed by atoms with E-state index in [4.69, 9.17) is 0 Å². The first-order valence-electron chi connectivity index (χ1n) is 11.5. The first-order valence-corrected chi connectivity index (χ1v) is 11.5. The van der Waals surface area contributed by atoms with E-state index in [9.17, 15) is 9.59 Å². The van der Waals surface area contributed by atoms with Crippen LogP contribution in [0.5, 0.6) is 0 Å². The van der Waals surface area contributed by atoms with E-state index in [1.165, 1.54) is 0 Å². The minimum Gasteiger partial charge on any atom is -0.321 e. The molecule has 2 aromatic carbocycles. The molecule has 6 rings (SSSR count). The van der Waals surface area contributed by atoms with Gasteiger partial charge in [-0.15, -0.1) is 0 Å². The molecule has 2 aliphatic rings. The number of hydrogen-bond donors (Lipinski definition) is 2. The van der Waals surface area contributed by atoms with Crippen LogP contribution < -0.4 is 33.1 Å². The van der Waals surface area contributed by atoms with Crippen molar-refractivity contribution in [2.24, 2.45) is 9.98 Å². The van der Waals surface area contributed by atoms with Crippen molar-refractivity contribution in [2.45, 2.75) is 39.0 Å². The Balaban J connectivity index is 1.25. The maximum Gasteiger partial charge on any atom is 0.277 e. The SMILES string of the molecule is O=c1/c(=C/CC/C=c2/[nH]c3n(c2=O)Cc2ccccc2CN=3)[nH]c2n1Cc1ccccc1CN=2. The zero-order valence-electron chi connectivity index (χ0n) is 18.6. The lowest BCUT2D eigenvalue weighted by Crippen LogP contribution is -2.31. The second-order valence-corrected chi connectivity index (χ2v) is 8.66. The molecular formula is C26H24N6O2. The Morgan fingerprint density at radius 2 is 1.09 bits per heavy atom. The number of unbranched alkanes of at least 4 members (excludes halogenated alkanes) is 1. The fraction of sp³-hybridized carbons (Fsp3) is 0.231. The Bertz CT molecular complexity index is 1640. The molecule has 0 saturated heterocycles. The van der Waals surface area contributed by atoms with Crippen LogP contribution in [-0.2, 0) is 26.2 Å². The maximum atomic E-state index is 12.9. The monoisotopic (exact) mass is 452 g/mol. The molecule has 0 saturated carbocycles. The molecule has 0 bridgehead atoms. The minimum atomic E-state index is -0.0698. The van der Waals surface area contributed by atoms with Crippen LogP contribution in [0.15, 0.2) is 68.1 Å². The van der Waals surface area contributed by atoms with Crippen LogP contribution in [0.1, 0.15) is 35.1 Å². The van der Waals surface area contributed by atoms with E-state index in [2.05, 4.69) is 20.0 Å². The first kappa shape index (κ1) is 20.4. The third kappa shape index (κ3) is 3.57. The number of hydrogen-bond acceptors (Lipinski definition) is 4. The first-order chi connectivity index (χ1) is 16.7. The van der Waals surface area contributed by atoms with E-state index < -0.39 is 0 Å². The lowest BCUT2D eigenvalue weighted by molar-refractivity contribution is 0.724. The van der Waals surface area contributed by atoms with Crippen molar-refractivity contribution in [3.8, 4) is 0 Å². The van der Waals surface area contributed by atoms with Crippen LogP contribution in [0.4, 0.5) is 0 Å². The molecule has 2 aromatic heterocycles. The predicted molar refractivity (Wildman–Crippen MR) is 128 cm³/mol. The van der Waals surface area contributed by atoms with Gasteiger partial charge in [-0.25, -0.2) is 9.98 Å². The molecule has 8 heteroatoms. The topological polar surface area (TPSA) is 100 Å². The molecule has 2 N–H and O–H groups in total. The minimum absolute atomic E-state index is 0.0698. The van der Waals surface area contributed by atoms with E-state index in [1.54, 1.807) is 9.13 Å². The van der Waals surface area contributed by atoms with Crippen LogP contribution in [-0.4, -0.2) is 19.1 Å². The molecular weight excluding hydrogens is 428 g/mol. The predicted octanol–water partition coefficient (Wildman–Crippen LogP) is 0.0706. The number of nitrogens with one attached hydrogen (secondary N) is 2. The van der Waals surface area contributed by atoms with E-state index in [0.717, 1.165) is 22.3 Å². The number of fused-ring (bicyclic) bond motifs is 4. The van der Waals surface area contributed by atoms with Crippen molar-refractivity contribution in [1.82, 2.24) is 19.1 Å². The molecule has 170 valence electrons. The van der Waals surface area contributed by atoms with Gasteiger partial charge in [-0.1, -0.05) is 60.7 Å². The summed E-state index contributed by atoms with van der Waals surface area (Å²) < 4.78 is 3.38. The van der Waals surface area contributed by atoms with Gasteiger partial charge in [0.1, 0.15) is 10.7 Å². The summed E-state index contributed by atoms with van der Waals surface area (Å²) in [7, 11) is 0. The average Bonchev–Trinajstić information content (AvgIpc) is 3.14. The Morgan fingerprint density at radius 1 is 0.676 bits per heavy atom. The van der Waals surface area contributed by atoms with Gasteiger partial charge in [-0.05, 0) is 35.1 Å². The molecule has 8 nitrogen and oxygen atoms in total. The highest BCUT2D eigenvalue weighted by molar-refractivity contribution is 5.30. The summed E-state index contributed by atoms with van der Waals surface area (Å²) in [6.45, 7) is 2.14. The van der Waals surface area contributed by atoms with Gasteiger partial charge >= 0.3 is 0 Å². The smallest absolute Gasteiger partial charge is 0.277 e. The normalized spacial score (nSPS) is 15.3. The quantitative estimate of drug-likeness (QED) is 0.430. The number of nitrogens with zero attached hydrogens (tertiary/aromatic N) is 4. The number of aromatic nitrogens is 4. The van der Waals surface area contributed by atoms with Gasteiger partial charge in [0.25, 0.3) is 11.1 Å². The molecule has 0 spiro atoms. The molecule has 4 aromatic rings. The van der Waals surface area contributed by atoms with Gasteiger partial charge in [0.05, 0.1) is 26.2 Å². The standard InChI is InChI=1S/C26H24N6O2/c33-23-21(29-25-27-13-17-7-1-3-9-19(17)15-31(23)25)11-5-6-12-22-24(34)32-16-20-10-4-2-8-18(20)14-28-26(32)30-22/h1-4,7-12H,5-6,13-16H2,(H,27,29)(H,28,30)/b21-11-,22-12+. The highest BCUT2D eigenvalue weighted by Gasteiger charge is 2.13. The summed E-state index contributed by atoms with van der Waals surface area (Å²) in [5.41, 5.74) is 5.58. The number of benzene rings is 2. The van der Waals surface area contributed by atoms with Crippen molar-refractivity contribution in [3.63, 3.8) is 0 Å². The van der Waals surface area contributed by atoms with Crippen LogP contribution in [0.2, 0.25) is 0 Å². The van der Waals surface area contributed by atoms with E-state index in [-0.39, 0.29) is 11.1 Å². The van der Waals surface area contributed by atoms with Gasteiger partial charge in [-0.3, -0.25) is 18.7 Å². The second-order valence-electron chi connectivity index (χ2n) is 8.66. The zero-order valence-corrected chi connectivity index (χ0v) is 18.6. The molecule has 0 atom stereocenters. The average molecular weight is 453 g/mol. The molecule has 0 fully saturated rings. The van der Waals surface area contributed by atoms with Crippen molar-refractivity contribution in [3.05, 3.63) is 113 Å². The van der Waals surface area contributed by atoms with Gasteiger partial charge in [0, 0.05) is 0 Å². The fourth-order valence-electron chi connectivity index (χ4n) is 4.63. The Hall–Kier alpha value is -4.20. The Labute approximate surface area is 194 Å². The lowest BCUT2D eigenvalue weighted by Gasteiger charge is -2.03. The van der Waals surface area contributed by atoms with Crippen molar-refractivity contribution < 1.29 is 0 Å². The van der Waals surface area contributed by atoms with Crippen LogP contribution in [0.3, 0.4) is 0 Å². The van der Waals surface area contributed by atoms with E-state index >= 15 is 0 Å².